The van der Waals surface area contributed by atoms with Crippen molar-refractivity contribution in [2.45, 2.75) is 25.8 Å². The van der Waals surface area contributed by atoms with Gasteiger partial charge in [-0.05, 0) is 31.5 Å². The maximum atomic E-state index is 12.2. The molecule has 1 saturated heterocycles. The van der Waals surface area contributed by atoms with Crippen LogP contribution in [0.1, 0.15) is 25.8 Å². The molecular weight excluding hydrogens is 284 g/mol. The Morgan fingerprint density at radius 1 is 1.45 bits per heavy atom. The van der Waals surface area contributed by atoms with Gasteiger partial charge in [0.15, 0.2) is 0 Å². The average molecular weight is 300 g/mol. The SMILES string of the molecule is CC[C@]1(C)NC(=O)N(CC(=O)Nc2cccc(C#N)c2)C1=O. The summed E-state index contributed by atoms with van der Waals surface area (Å²) < 4.78 is 0. The fraction of sp³-hybridized carbons (Fsp3) is 0.333. The van der Waals surface area contributed by atoms with Crippen molar-refractivity contribution >= 4 is 23.5 Å². The van der Waals surface area contributed by atoms with Crippen molar-refractivity contribution in [2.24, 2.45) is 0 Å². The van der Waals surface area contributed by atoms with E-state index in [1.54, 1.807) is 32.0 Å². The number of hydrogen-bond acceptors (Lipinski definition) is 4. The van der Waals surface area contributed by atoms with E-state index in [0.29, 0.717) is 17.7 Å². The lowest BCUT2D eigenvalue weighted by atomic mass is 9.99. The third-order valence-corrected chi connectivity index (χ3v) is 3.63. The highest BCUT2D eigenvalue weighted by Crippen LogP contribution is 2.20. The maximum absolute atomic E-state index is 12.2. The number of imide groups is 1. The van der Waals surface area contributed by atoms with E-state index in [0.717, 1.165) is 4.90 Å². The fourth-order valence-electron chi connectivity index (χ4n) is 2.14. The molecule has 2 N–H and O–H groups in total. The van der Waals surface area contributed by atoms with Crippen molar-refractivity contribution in [3.8, 4) is 6.07 Å². The van der Waals surface area contributed by atoms with Crippen LogP contribution < -0.4 is 10.6 Å². The van der Waals surface area contributed by atoms with Crippen LogP contribution in [0.2, 0.25) is 0 Å². The second kappa shape index (κ2) is 5.85. The summed E-state index contributed by atoms with van der Waals surface area (Å²) in [5, 5.41) is 14.0. The molecule has 0 bridgehead atoms. The van der Waals surface area contributed by atoms with Gasteiger partial charge in [-0.1, -0.05) is 13.0 Å². The van der Waals surface area contributed by atoms with Crippen molar-refractivity contribution in [1.82, 2.24) is 10.2 Å². The van der Waals surface area contributed by atoms with E-state index in [4.69, 9.17) is 5.26 Å². The molecule has 7 heteroatoms. The number of nitrogens with one attached hydrogen (secondary N) is 2. The summed E-state index contributed by atoms with van der Waals surface area (Å²) in [5.74, 6) is -0.917. The highest BCUT2D eigenvalue weighted by Gasteiger charge is 2.46. The summed E-state index contributed by atoms with van der Waals surface area (Å²) in [5.41, 5.74) is -0.112. The number of hydrogen-bond donors (Lipinski definition) is 2. The molecule has 1 fully saturated rings. The first-order valence-corrected chi connectivity index (χ1v) is 6.84. The van der Waals surface area contributed by atoms with Crippen LogP contribution >= 0.6 is 0 Å². The zero-order valence-electron chi connectivity index (χ0n) is 12.3. The monoisotopic (exact) mass is 300 g/mol. The zero-order chi connectivity index (χ0) is 16.3. The number of urea groups is 1. The summed E-state index contributed by atoms with van der Waals surface area (Å²) in [6.07, 6.45) is 0.444. The summed E-state index contributed by atoms with van der Waals surface area (Å²) >= 11 is 0. The number of benzene rings is 1. The van der Waals surface area contributed by atoms with Gasteiger partial charge in [0.1, 0.15) is 12.1 Å². The van der Waals surface area contributed by atoms with Crippen molar-refractivity contribution in [3.63, 3.8) is 0 Å². The van der Waals surface area contributed by atoms with Crippen LogP contribution in [0.5, 0.6) is 0 Å². The Morgan fingerprint density at radius 3 is 2.77 bits per heavy atom. The largest absolute Gasteiger partial charge is 0.325 e. The molecular formula is C15H16N4O3. The Labute approximate surface area is 127 Å². The zero-order valence-corrected chi connectivity index (χ0v) is 12.3. The molecule has 0 aliphatic carbocycles. The molecule has 22 heavy (non-hydrogen) atoms. The minimum atomic E-state index is -0.960. The quantitative estimate of drug-likeness (QED) is 0.816. The number of nitrogens with zero attached hydrogens (tertiary/aromatic N) is 2. The Morgan fingerprint density at radius 2 is 2.18 bits per heavy atom. The van der Waals surface area contributed by atoms with Crippen LogP contribution in [0.4, 0.5) is 10.5 Å². The second-order valence-corrected chi connectivity index (χ2v) is 5.25. The highest BCUT2D eigenvalue weighted by atomic mass is 16.2. The van der Waals surface area contributed by atoms with Crippen LogP contribution in [0, 0.1) is 11.3 Å². The van der Waals surface area contributed by atoms with Gasteiger partial charge in [-0.15, -0.1) is 0 Å². The third kappa shape index (κ3) is 2.91. The Balaban J connectivity index is 2.05. The van der Waals surface area contributed by atoms with Crippen LogP contribution in [-0.4, -0.2) is 34.8 Å². The molecule has 1 aliphatic heterocycles. The lowest BCUT2D eigenvalue weighted by Gasteiger charge is -2.19. The molecule has 0 spiro atoms. The van der Waals surface area contributed by atoms with Crippen molar-refractivity contribution < 1.29 is 14.4 Å². The molecule has 0 saturated carbocycles. The molecule has 0 radical (unpaired) electrons. The first-order valence-electron chi connectivity index (χ1n) is 6.84. The van der Waals surface area contributed by atoms with Gasteiger partial charge in [-0.2, -0.15) is 5.26 Å². The molecule has 0 unspecified atom stereocenters. The molecule has 4 amide bonds. The Bertz CT molecular complexity index is 680. The summed E-state index contributed by atoms with van der Waals surface area (Å²) in [4.78, 5) is 36.9. The van der Waals surface area contributed by atoms with Gasteiger partial charge in [0.25, 0.3) is 5.91 Å². The van der Waals surface area contributed by atoms with Crippen molar-refractivity contribution in [2.75, 3.05) is 11.9 Å². The number of anilines is 1. The van der Waals surface area contributed by atoms with Crippen LogP contribution in [0.15, 0.2) is 24.3 Å². The van der Waals surface area contributed by atoms with Crippen LogP contribution in [-0.2, 0) is 9.59 Å². The smallest absolute Gasteiger partial charge is 0.324 e. The van der Waals surface area contributed by atoms with Gasteiger partial charge < -0.3 is 10.6 Å². The predicted molar refractivity (Wildman–Crippen MR) is 78.7 cm³/mol. The molecule has 2 rings (SSSR count). The second-order valence-electron chi connectivity index (χ2n) is 5.25. The van der Waals surface area contributed by atoms with Gasteiger partial charge >= 0.3 is 6.03 Å². The highest BCUT2D eigenvalue weighted by molar-refractivity contribution is 6.09. The van der Waals surface area contributed by atoms with Gasteiger partial charge in [-0.3, -0.25) is 14.5 Å². The number of rotatable bonds is 4. The molecule has 114 valence electrons. The Kier molecular flexibility index (Phi) is 4.13. The van der Waals surface area contributed by atoms with E-state index in [-0.39, 0.29) is 6.54 Å². The summed E-state index contributed by atoms with van der Waals surface area (Å²) in [6.45, 7) is 3.05. The summed E-state index contributed by atoms with van der Waals surface area (Å²) in [6, 6.07) is 7.78. The molecule has 1 aromatic rings. The standard InChI is InChI=1S/C15H16N4O3/c1-3-15(2)13(21)19(14(22)18-15)9-12(20)17-11-6-4-5-10(7-11)8-16/h4-7H,3,9H2,1-2H3,(H,17,20)(H,18,22)/t15-/m0/s1. The lowest BCUT2D eigenvalue weighted by Crippen LogP contribution is -2.44. The van der Waals surface area contributed by atoms with E-state index >= 15 is 0 Å². The maximum Gasteiger partial charge on any atom is 0.325 e. The number of nitriles is 1. The first-order chi connectivity index (χ1) is 10.4. The molecule has 1 heterocycles. The third-order valence-electron chi connectivity index (χ3n) is 3.63. The molecule has 0 aromatic heterocycles. The lowest BCUT2D eigenvalue weighted by molar-refractivity contribution is -0.133. The van der Waals surface area contributed by atoms with Gasteiger partial charge in [-0.25, -0.2) is 4.79 Å². The van der Waals surface area contributed by atoms with Gasteiger partial charge in [0, 0.05) is 5.69 Å². The normalized spacial score (nSPS) is 20.5. The van der Waals surface area contributed by atoms with E-state index in [2.05, 4.69) is 10.6 Å². The van der Waals surface area contributed by atoms with E-state index in [1.807, 2.05) is 6.07 Å². The van der Waals surface area contributed by atoms with Crippen LogP contribution in [0.25, 0.3) is 0 Å². The molecule has 1 aliphatic rings. The summed E-state index contributed by atoms with van der Waals surface area (Å²) in [7, 11) is 0. The number of carbonyl (C=O) groups excluding carboxylic acids is 3. The van der Waals surface area contributed by atoms with Gasteiger partial charge in [0.2, 0.25) is 5.91 Å². The number of amides is 4. The predicted octanol–water partition coefficient (Wildman–Crippen LogP) is 1.22. The molecule has 1 aromatic carbocycles. The van der Waals surface area contributed by atoms with Crippen LogP contribution in [0.3, 0.4) is 0 Å². The fourth-order valence-corrected chi connectivity index (χ4v) is 2.14. The van der Waals surface area contributed by atoms with E-state index in [1.165, 1.54) is 6.07 Å². The minimum Gasteiger partial charge on any atom is -0.324 e. The van der Waals surface area contributed by atoms with Crippen molar-refractivity contribution in [3.05, 3.63) is 29.8 Å². The molecule has 7 nitrogen and oxygen atoms in total. The Hall–Kier alpha value is -2.88. The van der Waals surface area contributed by atoms with Gasteiger partial charge in [0.05, 0.1) is 11.6 Å². The van der Waals surface area contributed by atoms with E-state index in [9.17, 15) is 14.4 Å². The minimum absolute atomic E-state index is 0.364. The average Bonchev–Trinajstić information content (AvgIpc) is 2.71. The topological polar surface area (TPSA) is 102 Å². The van der Waals surface area contributed by atoms with E-state index < -0.39 is 23.4 Å². The number of carbonyl (C=O) groups is 3. The molecule has 1 atom stereocenters. The van der Waals surface area contributed by atoms with Crippen molar-refractivity contribution in [1.29, 1.82) is 5.26 Å². The first kappa shape index (κ1) is 15.5.